The van der Waals surface area contributed by atoms with Gasteiger partial charge in [-0.15, -0.1) is 0 Å². The average Bonchev–Trinajstić information content (AvgIpc) is 3.02. The molecule has 1 aliphatic rings. The molecule has 128 valence electrons. The van der Waals surface area contributed by atoms with Crippen molar-refractivity contribution >= 4 is 5.91 Å². The number of benzene rings is 2. The van der Waals surface area contributed by atoms with E-state index in [0.29, 0.717) is 30.4 Å². The molecule has 1 saturated heterocycles. The van der Waals surface area contributed by atoms with Crippen LogP contribution in [-0.2, 0) is 11.2 Å². The number of amides is 1. The van der Waals surface area contributed by atoms with Crippen LogP contribution in [0.3, 0.4) is 0 Å². The van der Waals surface area contributed by atoms with E-state index in [9.17, 15) is 14.3 Å². The molecule has 2 aromatic carbocycles. The molecule has 0 radical (unpaired) electrons. The van der Waals surface area contributed by atoms with Crippen molar-refractivity contribution in [3.63, 3.8) is 0 Å². The zero-order chi connectivity index (χ0) is 17.8. The van der Waals surface area contributed by atoms with E-state index in [1.807, 2.05) is 12.1 Å². The van der Waals surface area contributed by atoms with Gasteiger partial charge in [-0.1, -0.05) is 24.3 Å². The molecule has 0 aliphatic carbocycles. The highest BCUT2D eigenvalue weighted by Gasteiger charge is 2.35. The van der Waals surface area contributed by atoms with Crippen LogP contribution in [0.1, 0.15) is 35.6 Å². The van der Waals surface area contributed by atoms with Crippen LogP contribution in [-0.4, -0.2) is 28.6 Å². The van der Waals surface area contributed by atoms with Crippen molar-refractivity contribution in [3.05, 3.63) is 71.0 Å². The first-order valence-electron chi connectivity index (χ1n) is 8.29. The van der Waals surface area contributed by atoms with Crippen LogP contribution in [0.25, 0.3) is 0 Å². The summed E-state index contributed by atoms with van der Waals surface area (Å²) in [5, 5.41) is 18.8. The summed E-state index contributed by atoms with van der Waals surface area (Å²) in [6.45, 7) is 0.271. The fraction of sp³-hybridized carbons (Fsp3) is 0.300. The minimum Gasteiger partial charge on any atom is -0.391 e. The van der Waals surface area contributed by atoms with Crippen molar-refractivity contribution in [2.75, 3.05) is 6.54 Å². The number of carbonyl (C=O) groups excluding carboxylic acids is 1. The molecule has 0 bridgehead atoms. The minimum atomic E-state index is -0.591. The van der Waals surface area contributed by atoms with Gasteiger partial charge in [0, 0.05) is 13.0 Å². The second-order valence-electron chi connectivity index (χ2n) is 6.32. The number of hydrogen-bond acceptors (Lipinski definition) is 3. The van der Waals surface area contributed by atoms with Gasteiger partial charge < -0.3 is 10.0 Å². The van der Waals surface area contributed by atoms with Crippen LogP contribution in [0, 0.1) is 17.1 Å². The highest BCUT2D eigenvalue weighted by Crippen LogP contribution is 2.33. The molecular weight excluding hydrogens is 319 g/mol. The number of rotatable bonds is 4. The highest BCUT2D eigenvalue weighted by molar-refractivity contribution is 5.77. The van der Waals surface area contributed by atoms with E-state index in [2.05, 4.69) is 6.07 Å². The highest BCUT2D eigenvalue weighted by atomic mass is 19.1. The third kappa shape index (κ3) is 4.04. The molecule has 2 atom stereocenters. The second kappa shape index (κ2) is 7.45. The van der Waals surface area contributed by atoms with Gasteiger partial charge in [0.15, 0.2) is 0 Å². The largest absolute Gasteiger partial charge is 0.391 e. The Labute approximate surface area is 146 Å². The third-order valence-electron chi connectivity index (χ3n) is 4.54. The summed E-state index contributed by atoms with van der Waals surface area (Å²) in [4.78, 5) is 14.3. The molecule has 4 nitrogen and oxygen atoms in total. The fourth-order valence-corrected chi connectivity index (χ4v) is 3.26. The standard InChI is InChI=1S/C20H19FN2O2/c21-17-3-1-2-16(10-17)19-11-18(24)13-23(19)20(25)9-8-14-4-6-15(12-22)7-5-14/h1-7,10,18-19,24H,8-9,11,13H2/t18-,19+/m0/s1. The van der Waals surface area contributed by atoms with Crippen LogP contribution >= 0.6 is 0 Å². The van der Waals surface area contributed by atoms with Gasteiger partial charge in [0.1, 0.15) is 5.82 Å². The Kier molecular flexibility index (Phi) is 5.11. The van der Waals surface area contributed by atoms with E-state index in [1.165, 1.54) is 12.1 Å². The van der Waals surface area contributed by atoms with Crippen molar-refractivity contribution in [2.45, 2.75) is 31.4 Å². The predicted octanol–water partition coefficient (Wildman–Crippen LogP) is 2.96. The Morgan fingerprint density at radius 3 is 2.72 bits per heavy atom. The molecule has 2 aromatic rings. The SMILES string of the molecule is N#Cc1ccc(CCC(=O)N2C[C@@H](O)C[C@@H]2c2cccc(F)c2)cc1. The number of β-amino-alcohol motifs (C(OH)–C–C–N with tert-alkyl or cyclic N) is 1. The number of nitrogens with zero attached hydrogens (tertiary/aromatic N) is 2. The normalized spacial score (nSPS) is 19.6. The van der Waals surface area contributed by atoms with E-state index < -0.39 is 6.10 Å². The topological polar surface area (TPSA) is 64.3 Å². The Balaban J connectivity index is 1.68. The Morgan fingerprint density at radius 2 is 2.04 bits per heavy atom. The number of carbonyl (C=O) groups is 1. The summed E-state index contributed by atoms with van der Waals surface area (Å²) < 4.78 is 13.5. The molecule has 1 fully saturated rings. The third-order valence-corrected chi connectivity index (χ3v) is 4.54. The summed E-state index contributed by atoms with van der Waals surface area (Å²) in [6, 6.07) is 15.1. The number of aliphatic hydroxyl groups excluding tert-OH is 1. The molecule has 25 heavy (non-hydrogen) atoms. The van der Waals surface area contributed by atoms with Gasteiger partial charge in [0.05, 0.1) is 23.8 Å². The van der Waals surface area contributed by atoms with E-state index in [1.54, 1.807) is 29.2 Å². The van der Waals surface area contributed by atoms with Gasteiger partial charge in [-0.3, -0.25) is 4.79 Å². The van der Waals surface area contributed by atoms with Crippen LogP contribution < -0.4 is 0 Å². The Hall–Kier alpha value is -2.71. The molecule has 5 heteroatoms. The number of likely N-dealkylation sites (tertiary alicyclic amines) is 1. The van der Waals surface area contributed by atoms with Gasteiger partial charge in [-0.05, 0) is 48.2 Å². The van der Waals surface area contributed by atoms with Crippen molar-refractivity contribution < 1.29 is 14.3 Å². The number of nitriles is 1. The van der Waals surface area contributed by atoms with E-state index in [0.717, 1.165) is 5.56 Å². The predicted molar refractivity (Wildman–Crippen MR) is 91.0 cm³/mol. The first-order chi connectivity index (χ1) is 12.1. The molecule has 1 N–H and O–H groups in total. The number of aryl methyl sites for hydroxylation is 1. The maximum absolute atomic E-state index is 13.5. The zero-order valence-electron chi connectivity index (χ0n) is 13.7. The van der Waals surface area contributed by atoms with Gasteiger partial charge in [0.25, 0.3) is 0 Å². The first-order valence-corrected chi connectivity index (χ1v) is 8.29. The molecule has 0 spiro atoms. The van der Waals surface area contributed by atoms with Crippen LogP contribution in [0.2, 0.25) is 0 Å². The Bertz CT molecular complexity index is 798. The monoisotopic (exact) mass is 338 g/mol. The quantitative estimate of drug-likeness (QED) is 0.932. The lowest BCUT2D eigenvalue weighted by Crippen LogP contribution is -2.32. The summed E-state index contributed by atoms with van der Waals surface area (Å²) >= 11 is 0. The molecule has 1 amide bonds. The summed E-state index contributed by atoms with van der Waals surface area (Å²) in [5.74, 6) is -0.404. The Morgan fingerprint density at radius 1 is 1.28 bits per heavy atom. The molecule has 1 heterocycles. The van der Waals surface area contributed by atoms with Gasteiger partial charge in [-0.2, -0.15) is 5.26 Å². The smallest absolute Gasteiger partial charge is 0.223 e. The average molecular weight is 338 g/mol. The van der Waals surface area contributed by atoms with Crippen molar-refractivity contribution in [3.8, 4) is 6.07 Å². The number of hydrogen-bond donors (Lipinski definition) is 1. The number of aliphatic hydroxyl groups is 1. The van der Waals surface area contributed by atoms with Gasteiger partial charge >= 0.3 is 0 Å². The lowest BCUT2D eigenvalue weighted by molar-refractivity contribution is -0.132. The van der Waals surface area contributed by atoms with E-state index in [4.69, 9.17) is 5.26 Å². The molecule has 0 saturated carbocycles. The van der Waals surface area contributed by atoms with Crippen molar-refractivity contribution in [1.82, 2.24) is 4.90 Å². The first kappa shape index (κ1) is 17.1. The van der Waals surface area contributed by atoms with Gasteiger partial charge in [0.2, 0.25) is 5.91 Å². The van der Waals surface area contributed by atoms with Crippen molar-refractivity contribution in [1.29, 1.82) is 5.26 Å². The second-order valence-corrected chi connectivity index (χ2v) is 6.32. The maximum Gasteiger partial charge on any atom is 0.223 e. The molecule has 3 rings (SSSR count). The van der Waals surface area contributed by atoms with Crippen LogP contribution in [0.5, 0.6) is 0 Å². The molecule has 1 aliphatic heterocycles. The summed E-state index contributed by atoms with van der Waals surface area (Å²) in [7, 11) is 0. The zero-order valence-corrected chi connectivity index (χ0v) is 13.7. The van der Waals surface area contributed by atoms with Gasteiger partial charge in [-0.25, -0.2) is 4.39 Å². The molecule has 0 aromatic heterocycles. The fourth-order valence-electron chi connectivity index (χ4n) is 3.26. The van der Waals surface area contributed by atoms with Crippen LogP contribution in [0.15, 0.2) is 48.5 Å². The van der Waals surface area contributed by atoms with E-state index in [-0.39, 0.29) is 24.3 Å². The molecule has 0 unspecified atom stereocenters. The van der Waals surface area contributed by atoms with Crippen molar-refractivity contribution in [2.24, 2.45) is 0 Å². The summed E-state index contributed by atoms with van der Waals surface area (Å²) in [5.41, 5.74) is 2.28. The minimum absolute atomic E-state index is 0.0600. The van der Waals surface area contributed by atoms with E-state index >= 15 is 0 Å². The van der Waals surface area contributed by atoms with Crippen LogP contribution in [0.4, 0.5) is 4.39 Å². The summed E-state index contributed by atoms with van der Waals surface area (Å²) in [6.07, 6.45) is 0.705. The number of halogens is 1. The lowest BCUT2D eigenvalue weighted by atomic mass is 10.0. The lowest BCUT2D eigenvalue weighted by Gasteiger charge is -2.25. The maximum atomic E-state index is 13.5. The molecular formula is C20H19FN2O2.